The lowest BCUT2D eigenvalue weighted by molar-refractivity contribution is -0.132. The summed E-state index contributed by atoms with van der Waals surface area (Å²) in [4.78, 5) is 55.0. The van der Waals surface area contributed by atoms with Crippen LogP contribution in [0, 0.1) is 13.8 Å². The second-order valence-electron chi connectivity index (χ2n) is 11.6. The standard InChI is InChI=1S/C34H40N8O6/c1-23-19-30(43)42(38-24(23)2)22-31(44)40-16-13-26-21-41(39-37-26)15-8-18-48-32-27(11-7-12-29(32)47-3)33(45)36-28(34(46)35-14-17-40)20-25-9-5-4-6-10-25/h4-7,9-12,19,21,28H,8,13-18,20,22H2,1-3H3,(H,35,46)(H,36,45)/t28-/m0/s1. The first-order valence-electron chi connectivity index (χ1n) is 15.9. The van der Waals surface area contributed by atoms with Gasteiger partial charge in [0.05, 0.1) is 30.7 Å². The summed E-state index contributed by atoms with van der Waals surface area (Å²) in [6, 6.07) is 14.9. The highest BCUT2D eigenvalue weighted by atomic mass is 16.5. The molecule has 48 heavy (non-hydrogen) atoms. The molecule has 2 aromatic carbocycles. The third-order valence-electron chi connectivity index (χ3n) is 8.10. The molecule has 0 fully saturated rings. The van der Waals surface area contributed by atoms with Crippen molar-refractivity contribution >= 4 is 17.7 Å². The second-order valence-corrected chi connectivity index (χ2v) is 11.6. The van der Waals surface area contributed by atoms with Crippen molar-refractivity contribution in [2.45, 2.75) is 52.2 Å². The number of aryl methyl sites for hydroxylation is 3. The number of hydrogen-bond acceptors (Lipinski definition) is 9. The number of para-hydroxylation sites is 1. The van der Waals surface area contributed by atoms with Gasteiger partial charge in [-0.3, -0.25) is 23.9 Å². The normalized spacial score (nSPS) is 16.3. The molecule has 3 amide bonds. The number of rotatable bonds is 5. The van der Waals surface area contributed by atoms with Gasteiger partial charge in [-0.05, 0) is 37.1 Å². The minimum Gasteiger partial charge on any atom is -0.493 e. The Bertz CT molecular complexity index is 1800. The lowest BCUT2D eigenvalue weighted by atomic mass is 10.0. The maximum Gasteiger partial charge on any atom is 0.267 e. The number of fused-ring (bicyclic) bond motifs is 3. The maximum atomic E-state index is 13.7. The summed E-state index contributed by atoms with van der Waals surface area (Å²) in [5.74, 6) is -0.583. The molecule has 4 aromatic rings. The summed E-state index contributed by atoms with van der Waals surface area (Å²) < 4.78 is 14.4. The van der Waals surface area contributed by atoms with Crippen LogP contribution in [-0.2, 0) is 35.5 Å². The number of amides is 3. The molecular formula is C34H40N8O6. The first-order valence-corrected chi connectivity index (χ1v) is 15.9. The van der Waals surface area contributed by atoms with Crippen LogP contribution in [0.1, 0.15) is 39.3 Å². The number of nitrogens with zero attached hydrogens (tertiary/aromatic N) is 6. The van der Waals surface area contributed by atoms with Crippen molar-refractivity contribution in [2.75, 3.05) is 33.4 Å². The third kappa shape index (κ3) is 8.63. The Balaban J connectivity index is 1.40. The van der Waals surface area contributed by atoms with Crippen molar-refractivity contribution in [1.82, 2.24) is 40.3 Å². The molecule has 3 heterocycles. The molecule has 0 radical (unpaired) electrons. The number of methoxy groups -OCH3 is 1. The Morgan fingerprint density at radius 1 is 1.04 bits per heavy atom. The van der Waals surface area contributed by atoms with Gasteiger partial charge in [-0.1, -0.05) is 41.6 Å². The molecule has 0 aliphatic carbocycles. The highest BCUT2D eigenvalue weighted by Crippen LogP contribution is 2.31. The molecule has 14 heteroatoms. The average molecular weight is 657 g/mol. The van der Waals surface area contributed by atoms with Crippen LogP contribution in [0.2, 0.25) is 0 Å². The lowest BCUT2D eigenvalue weighted by Crippen LogP contribution is -2.50. The first kappa shape index (κ1) is 33.8. The number of nitrogens with one attached hydrogen (secondary N) is 2. The zero-order valence-corrected chi connectivity index (χ0v) is 27.3. The zero-order valence-electron chi connectivity index (χ0n) is 27.3. The fraction of sp³-hybridized carbons (Fsp3) is 0.382. The molecule has 1 aliphatic rings. The van der Waals surface area contributed by atoms with Crippen molar-refractivity contribution in [3.05, 3.63) is 99.2 Å². The van der Waals surface area contributed by atoms with Crippen LogP contribution in [0.3, 0.4) is 0 Å². The van der Waals surface area contributed by atoms with E-state index in [1.165, 1.54) is 13.2 Å². The fourth-order valence-corrected chi connectivity index (χ4v) is 5.33. The van der Waals surface area contributed by atoms with Crippen molar-refractivity contribution in [2.24, 2.45) is 0 Å². The summed E-state index contributed by atoms with van der Waals surface area (Å²) >= 11 is 0. The quantitative estimate of drug-likeness (QED) is 0.324. The summed E-state index contributed by atoms with van der Waals surface area (Å²) in [5.41, 5.74) is 2.79. The van der Waals surface area contributed by atoms with E-state index in [1.807, 2.05) is 36.5 Å². The molecule has 0 unspecified atom stereocenters. The van der Waals surface area contributed by atoms with E-state index in [-0.39, 0.29) is 62.0 Å². The maximum absolute atomic E-state index is 13.7. The molecule has 0 saturated heterocycles. The molecule has 14 nitrogen and oxygen atoms in total. The Morgan fingerprint density at radius 2 is 1.85 bits per heavy atom. The summed E-state index contributed by atoms with van der Waals surface area (Å²) in [7, 11) is 1.50. The molecule has 1 aliphatic heterocycles. The van der Waals surface area contributed by atoms with E-state index in [9.17, 15) is 19.2 Å². The number of aromatic nitrogens is 5. The number of carbonyl (C=O) groups is 3. The molecule has 252 valence electrons. The van der Waals surface area contributed by atoms with E-state index in [4.69, 9.17) is 9.47 Å². The molecular weight excluding hydrogens is 616 g/mol. The summed E-state index contributed by atoms with van der Waals surface area (Å²) in [6.45, 7) is 4.60. The lowest BCUT2D eigenvalue weighted by Gasteiger charge is -2.24. The average Bonchev–Trinajstić information content (AvgIpc) is 3.54. The van der Waals surface area contributed by atoms with E-state index >= 15 is 0 Å². The SMILES string of the molecule is COc1cccc2c1OCCCn1cc(nn1)CCN(C(=O)Cn1nc(C)c(C)cc1=O)CCNC(=O)[C@H](Cc1ccccc1)NC2=O. The predicted octanol–water partition coefficient (Wildman–Crippen LogP) is 1.47. The van der Waals surface area contributed by atoms with Crippen LogP contribution in [0.4, 0.5) is 0 Å². The van der Waals surface area contributed by atoms with Crippen LogP contribution in [-0.4, -0.2) is 86.8 Å². The minimum absolute atomic E-state index is 0.0984. The largest absolute Gasteiger partial charge is 0.493 e. The molecule has 2 aromatic heterocycles. The number of carbonyl (C=O) groups excluding carboxylic acids is 3. The van der Waals surface area contributed by atoms with Crippen LogP contribution >= 0.6 is 0 Å². The van der Waals surface area contributed by atoms with E-state index in [0.717, 1.165) is 15.8 Å². The smallest absolute Gasteiger partial charge is 0.267 e. The van der Waals surface area contributed by atoms with Gasteiger partial charge in [-0.25, -0.2) is 4.68 Å². The Hall–Kier alpha value is -5.53. The second kappa shape index (κ2) is 15.8. The van der Waals surface area contributed by atoms with E-state index in [0.29, 0.717) is 36.5 Å². The molecule has 5 rings (SSSR count). The molecule has 1 atom stereocenters. The van der Waals surface area contributed by atoms with Gasteiger partial charge in [0.15, 0.2) is 11.5 Å². The minimum atomic E-state index is -0.933. The molecule has 0 spiro atoms. The van der Waals surface area contributed by atoms with Crippen molar-refractivity contribution in [1.29, 1.82) is 0 Å². The number of hydrogen-bond donors (Lipinski definition) is 2. The van der Waals surface area contributed by atoms with Crippen molar-refractivity contribution in [3.8, 4) is 11.5 Å². The Labute approximate surface area is 278 Å². The van der Waals surface area contributed by atoms with Crippen molar-refractivity contribution in [3.63, 3.8) is 0 Å². The van der Waals surface area contributed by atoms with Gasteiger partial charge in [0.1, 0.15) is 12.6 Å². The van der Waals surface area contributed by atoms with Crippen LogP contribution in [0.15, 0.2) is 65.6 Å². The predicted molar refractivity (Wildman–Crippen MR) is 176 cm³/mol. The van der Waals surface area contributed by atoms with Gasteiger partial charge < -0.3 is 25.0 Å². The summed E-state index contributed by atoms with van der Waals surface area (Å²) in [6.07, 6.45) is 3.01. The van der Waals surface area contributed by atoms with Crippen LogP contribution in [0.5, 0.6) is 11.5 Å². The van der Waals surface area contributed by atoms with Crippen LogP contribution < -0.4 is 25.7 Å². The fourth-order valence-electron chi connectivity index (χ4n) is 5.33. The highest BCUT2D eigenvalue weighted by Gasteiger charge is 2.26. The van der Waals surface area contributed by atoms with Gasteiger partial charge in [0.25, 0.3) is 11.5 Å². The Morgan fingerprint density at radius 3 is 2.65 bits per heavy atom. The molecule has 2 N–H and O–H groups in total. The number of ether oxygens (including phenoxy) is 2. The zero-order chi connectivity index (χ0) is 34.0. The van der Waals surface area contributed by atoms with Gasteiger partial charge in [0.2, 0.25) is 11.8 Å². The van der Waals surface area contributed by atoms with E-state index in [2.05, 4.69) is 26.0 Å². The van der Waals surface area contributed by atoms with Gasteiger partial charge in [-0.15, -0.1) is 5.10 Å². The first-order chi connectivity index (χ1) is 23.2. The Kier molecular flexibility index (Phi) is 11.2. The summed E-state index contributed by atoms with van der Waals surface area (Å²) in [5, 5.41) is 18.5. The molecule has 2 bridgehead atoms. The third-order valence-corrected chi connectivity index (χ3v) is 8.10. The highest BCUT2D eigenvalue weighted by molar-refractivity contribution is 6.00. The van der Waals surface area contributed by atoms with E-state index < -0.39 is 17.9 Å². The van der Waals surface area contributed by atoms with Gasteiger partial charge in [-0.2, -0.15) is 5.10 Å². The van der Waals surface area contributed by atoms with Crippen LogP contribution in [0.25, 0.3) is 0 Å². The monoisotopic (exact) mass is 656 g/mol. The van der Waals surface area contributed by atoms with Gasteiger partial charge in [0, 0.05) is 57.7 Å². The van der Waals surface area contributed by atoms with E-state index in [1.54, 1.807) is 41.6 Å². The molecule has 0 saturated carbocycles. The van der Waals surface area contributed by atoms with Gasteiger partial charge >= 0.3 is 0 Å². The van der Waals surface area contributed by atoms with Crippen molar-refractivity contribution < 1.29 is 23.9 Å². The number of benzene rings is 2. The topological polar surface area (TPSA) is 163 Å².